The summed E-state index contributed by atoms with van der Waals surface area (Å²) in [5, 5.41) is 5.62. The zero-order valence-electron chi connectivity index (χ0n) is 9.51. The maximum absolute atomic E-state index is 11.8. The van der Waals surface area contributed by atoms with Gasteiger partial charge in [0.15, 0.2) is 0 Å². The molecular weight excluding hydrogens is 246 g/mol. The molecule has 0 aliphatic rings. The minimum atomic E-state index is -0.0588. The molecular formula is C13H11N3OS. The quantitative estimate of drug-likeness (QED) is 0.758. The normalized spacial score (nSPS) is 10.7. The van der Waals surface area contributed by atoms with Crippen molar-refractivity contribution in [1.82, 2.24) is 9.97 Å². The van der Waals surface area contributed by atoms with E-state index in [1.165, 1.54) is 11.3 Å². The molecule has 90 valence electrons. The number of H-pyrrole nitrogens is 1. The summed E-state index contributed by atoms with van der Waals surface area (Å²) >= 11 is 1.50. The van der Waals surface area contributed by atoms with Gasteiger partial charge in [-0.25, -0.2) is 4.98 Å². The molecule has 0 unspecified atom stereocenters. The van der Waals surface area contributed by atoms with Crippen LogP contribution in [0.4, 0.5) is 5.00 Å². The Hall–Kier alpha value is -2.14. The van der Waals surface area contributed by atoms with Crippen LogP contribution in [0.1, 0.15) is 5.82 Å². The van der Waals surface area contributed by atoms with E-state index >= 15 is 0 Å². The molecule has 2 N–H and O–H groups in total. The minimum Gasteiger partial charge on any atom is -0.342 e. The van der Waals surface area contributed by atoms with Crippen LogP contribution in [-0.2, 0) is 11.2 Å². The largest absolute Gasteiger partial charge is 0.342 e. The first kappa shape index (κ1) is 11.0. The highest BCUT2D eigenvalue weighted by atomic mass is 32.1. The smallest absolute Gasteiger partial charge is 0.232 e. The maximum Gasteiger partial charge on any atom is 0.232 e. The van der Waals surface area contributed by atoms with Gasteiger partial charge in [0.1, 0.15) is 5.82 Å². The number of amides is 1. The number of nitrogens with zero attached hydrogens (tertiary/aromatic N) is 1. The summed E-state index contributed by atoms with van der Waals surface area (Å²) in [5.41, 5.74) is 1.84. The zero-order valence-corrected chi connectivity index (χ0v) is 10.3. The second kappa shape index (κ2) is 4.62. The molecule has 1 aromatic carbocycles. The number of carbonyl (C=O) groups excluding carboxylic acids is 1. The second-order valence-electron chi connectivity index (χ2n) is 3.90. The molecule has 4 nitrogen and oxygen atoms in total. The lowest BCUT2D eigenvalue weighted by Crippen LogP contribution is -2.14. The fraction of sp³-hybridized carbons (Fsp3) is 0.0769. The van der Waals surface area contributed by atoms with Crippen molar-refractivity contribution in [3.63, 3.8) is 0 Å². The molecule has 2 aromatic heterocycles. The van der Waals surface area contributed by atoms with Crippen LogP contribution in [0.3, 0.4) is 0 Å². The Kier molecular flexibility index (Phi) is 2.82. The van der Waals surface area contributed by atoms with Gasteiger partial charge in [-0.2, -0.15) is 0 Å². The molecule has 5 heteroatoms. The van der Waals surface area contributed by atoms with Crippen LogP contribution in [0.25, 0.3) is 11.0 Å². The number of carbonyl (C=O) groups is 1. The van der Waals surface area contributed by atoms with E-state index in [1.807, 2.05) is 41.8 Å². The zero-order chi connectivity index (χ0) is 12.4. The van der Waals surface area contributed by atoms with Gasteiger partial charge in [-0.15, -0.1) is 11.3 Å². The summed E-state index contributed by atoms with van der Waals surface area (Å²) in [6, 6.07) is 11.5. The number of anilines is 1. The van der Waals surface area contributed by atoms with Gasteiger partial charge >= 0.3 is 0 Å². The summed E-state index contributed by atoms with van der Waals surface area (Å²) in [5.74, 6) is 0.627. The Morgan fingerprint density at radius 2 is 2.17 bits per heavy atom. The van der Waals surface area contributed by atoms with Crippen molar-refractivity contribution in [3.05, 3.63) is 47.6 Å². The van der Waals surface area contributed by atoms with Crippen molar-refractivity contribution < 1.29 is 4.79 Å². The second-order valence-corrected chi connectivity index (χ2v) is 4.85. The third-order valence-corrected chi connectivity index (χ3v) is 3.34. The topological polar surface area (TPSA) is 57.8 Å². The average molecular weight is 257 g/mol. The Morgan fingerprint density at radius 1 is 1.28 bits per heavy atom. The predicted molar refractivity (Wildman–Crippen MR) is 72.7 cm³/mol. The van der Waals surface area contributed by atoms with Gasteiger partial charge in [0, 0.05) is 0 Å². The average Bonchev–Trinajstić information content (AvgIpc) is 2.96. The van der Waals surface area contributed by atoms with Gasteiger partial charge in [0.25, 0.3) is 0 Å². The number of thiophene rings is 1. The van der Waals surface area contributed by atoms with Gasteiger partial charge in [0.05, 0.1) is 22.5 Å². The molecule has 0 saturated carbocycles. The van der Waals surface area contributed by atoms with Gasteiger partial charge in [-0.1, -0.05) is 12.1 Å². The maximum atomic E-state index is 11.8. The van der Waals surface area contributed by atoms with E-state index in [0.717, 1.165) is 16.0 Å². The Labute approximate surface area is 108 Å². The van der Waals surface area contributed by atoms with E-state index in [-0.39, 0.29) is 12.3 Å². The van der Waals surface area contributed by atoms with Gasteiger partial charge in [-0.3, -0.25) is 4.79 Å². The lowest BCUT2D eigenvalue weighted by atomic mass is 10.3. The number of fused-ring (bicyclic) bond motifs is 1. The van der Waals surface area contributed by atoms with Crippen LogP contribution in [-0.4, -0.2) is 15.9 Å². The number of hydrogen-bond donors (Lipinski definition) is 2. The lowest BCUT2D eigenvalue weighted by Gasteiger charge is -1.99. The third-order valence-electron chi connectivity index (χ3n) is 2.55. The first-order valence-corrected chi connectivity index (χ1v) is 6.46. The van der Waals surface area contributed by atoms with Crippen molar-refractivity contribution >= 4 is 33.3 Å². The Morgan fingerprint density at radius 3 is 2.94 bits per heavy atom. The van der Waals surface area contributed by atoms with Crippen LogP contribution in [0.2, 0.25) is 0 Å². The first-order valence-electron chi connectivity index (χ1n) is 5.58. The molecule has 0 fully saturated rings. The summed E-state index contributed by atoms with van der Waals surface area (Å²) in [7, 11) is 0. The summed E-state index contributed by atoms with van der Waals surface area (Å²) in [6.45, 7) is 0. The van der Waals surface area contributed by atoms with Crippen LogP contribution in [0.15, 0.2) is 41.8 Å². The fourth-order valence-electron chi connectivity index (χ4n) is 1.77. The van der Waals surface area contributed by atoms with E-state index in [2.05, 4.69) is 15.3 Å². The monoisotopic (exact) mass is 257 g/mol. The summed E-state index contributed by atoms with van der Waals surface area (Å²) in [4.78, 5) is 19.3. The number of para-hydroxylation sites is 2. The standard InChI is InChI=1S/C13H11N3OS/c17-12(16-13-6-3-7-18-13)8-11-14-9-4-1-2-5-10(9)15-11/h1-7H,8H2,(H,14,15)(H,16,17). The highest BCUT2D eigenvalue weighted by Crippen LogP contribution is 2.15. The number of imidazole rings is 1. The highest BCUT2D eigenvalue weighted by Gasteiger charge is 2.08. The minimum absolute atomic E-state index is 0.0588. The lowest BCUT2D eigenvalue weighted by molar-refractivity contribution is -0.115. The van der Waals surface area contributed by atoms with Gasteiger partial charge in [0.2, 0.25) is 5.91 Å². The molecule has 0 saturated heterocycles. The van der Waals surface area contributed by atoms with Crippen molar-refractivity contribution in [1.29, 1.82) is 0 Å². The van der Waals surface area contributed by atoms with Gasteiger partial charge < -0.3 is 10.3 Å². The Bertz CT molecular complexity index is 639. The molecule has 2 heterocycles. The van der Waals surface area contributed by atoms with E-state index in [0.29, 0.717) is 5.82 Å². The van der Waals surface area contributed by atoms with Crippen molar-refractivity contribution in [3.8, 4) is 0 Å². The number of hydrogen-bond acceptors (Lipinski definition) is 3. The van der Waals surface area contributed by atoms with Gasteiger partial charge in [-0.05, 0) is 29.6 Å². The Balaban J connectivity index is 1.74. The molecule has 0 bridgehead atoms. The van der Waals surface area contributed by atoms with Crippen LogP contribution >= 0.6 is 11.3 Å². The molecule has 0 radical (unpaired) electrons. The SMILES string of the molecule is O=C(Cc1nc2ccccc2[nH]1)Nc1cccs1. The molecule has 1 amide bonds. The number of rotatable bonds is 3. The molecule has 3 rings (SSSR count). The van der Waals surface area contributed by atoms with Crippen LogP contribution in [0.5, 0.6) is 0 Å². The number of aromatic nitrogens is 2. The van der Waals surface area contributed by atoms with E-state index in [9.17, 15) is 4.79 Å². The molecule has 0 atom stereocenters. The number of benzene rings is 1. The molecule has 18 heavy (non-hydrogen) atoms. The predicted octanol–water partition coefficient (Wildman–Crippen LogP) is 2.81. The van der Waals surface area contributed by atoms with E-state index in [1.54, 1.807) is 0 Å². The molecule has 0 aliphatic heterocycles. The summed E-state index contributed by atoms with van der Waals surface area (Å²) in [6.07, 6.45) is 0.257. The number of nitrogens with one attached hydrogen (secondary N) is 2. The number of aromatic amines is 1. The van der Waals surface area contributed by atoms with Crippen molar-refractivity contribution in [2.45, 2.75) is 6.42 Å². The van der Waals surface area contributed by atoms with Crippen LogP contribution in [0, 0.1) is 0 Å². The molecule has 3 aromatic rings. The van der Waals surface area contributed by atoms with Crippen molar-refractivity contribution in [2.75, 3.05) is 5.32 Å². The van der Waals surface area contributed by atoms with Crippen molar-refractivity contribution in [2.24, 2.45) is 0 Å². The highest BCUT2D eigenvalue weighted by molar-refractivity contribution is 7.14. The van der Waals surface area contributed by atoms with E-state index in [4.69, 9.17) is 0 Å². The first-order chi connectivity index (χ1) is 8.81. The van der Waals surface area contributed by atoms with E-state index < -0.39 is 0 Å². The summed E-state index contributed by atoms with van der Waals surface area (Å²) < 4.78 is 0. The fourth-order valence-corrected chi connectivity index (χ4v) is 2.41. The molecule has 0 aliphatic carbocycles. The van der Waals surface area contributed by atoms with Crippen LogP contribution < -0.4 is 5.32 Å². The third kappa shape index (κ3) is 2.26. The molecule has 0 spiro atoms.